The Hall–Kier alpha value is -2.38. The molecular formula is C24H34N4O3. The minimum atomic E-state index is 0.659. The number of aromatic nitrogens is 2. The third-order valence-corrected chi connectivity index (χ3v) is 5.90. The molecule has 0 N–H and O–H groups in total. The number of rotatable bonds is 9. The highest BCUT2D eigenvalue weighted by Crippen LogP contribution is 2.29. The van der Waals surface area contributed by atoms with E-state index in [0.717, 1.165) is 74.4 Å². The fraction of sp³-hybridized carbons (Fsp3) is 0.583. The standard InChI is InChI=1S/C24H34N4O3/c1-29-21-7-6-20(18-22(21)31-16-4-12-27-10-2-3-11-27)19-23-25-9-8-24(26-23)28-13-5-15-30-17-14-28/h6-9,18H,2-5,10-17,19H2,1H3. The molecule has 1 aromatic carbocycles. The maximum absolute atomic E-state index is 6.08. The van der Waals surface area contributed by atoms with Crippen molar-refractivity contribution < 1.29 is 14.2 Å². The molecule has 7 heteroatoms. The van der Waals surface area contributed by atoms with Gasteiger partial charge in [0, 0.05) is 38.9 Å². The molecule has 2 fully saturated rings. The van der Waals surface area contributed by atoms with Crippen LogP contribution in [0.1, 0.15) is 37.1 Å². The fourth-order valence-corrected chi connectivity index (χ4v) is 4.23. The molecule has 0 unspecified atom stereocenters. The van der Waals surface area contributed by atoms with Crippen LogP contribution in [0.4, 0.5) is 5.82 Å². The molecular weight excluding hydrogens is 392 g/mol. The molecule has 1 aromatic heterocycles. The van der Waals surface area contributed by atoms with Gasteiger partial charge < -0.3 is 24.0 Å². The van der Waals surface area contributed by atoms with E-state index in [2.05, 4.69) is 26.9 Å². The van der Waals surface area contributed by atoms with Crippen molar-refractivity contribution in [2.45, 2.75) is 32.1 Å². The number of methoxy groups -OCH3 is 1. The number of likely N-dealkylation sites (tertiary alicyclic amines) is 1. The van der Waals surface area contributed by atoms with Gasteiger partial charge in [0.15, 0.2) is 11.5 Å². The van der Waals surface area contributed by atoms with Gasteiger partial charge in [0.25, 0.3) is 0 Å². The third-order valence-electron chi connectivity index (χ3n) is 5.90. The Labute approximate surface area is 185 Å². The van der Waals surface area contributed by atoms with E-state index in [-0.39, 0.29) is 0 Å². The molecule has 2 aromatic rings. The molecule has 0 radical (unpaired) electrons. The van der Waals surface area contributed by atoms with Gasteiger partial charge in [-0.15, -0.1) is 0 Å². The van der Waals surface area contributed by atoms with Crippen molar-refractivity contribution in [2.75, 3.05) is 64.6 Å². The van der Waals surface area contributed by atoms with Crippen molar-refractivity contribution in [3.8, 4) is 11.5 Å². The van der Waals surface area contributed by atoms with E-state index in [1.54, 1.807) is 7.11 Å². The summed E-state index contributed by atoms with van der Waals surface area (Å²) in [5.41, 5.74) is 1.12. The highest BCUT2D eigenvalue weighted by atomic mass is 16.5. The first-order valence-electron chi connectivity index (χ1n) is 11.5. The number of hydrogen-bond acceptors (Lipinski definition) is 7. The summed E-state index contributed by atoms with van der Waals surface area (Å²) in [6, 6.07) is 8.08. The van der Waals surface area contributed by atoms with Crippen molar-refractivity contribution in [1.82, 2.24) is 14.9 Å². The lowest BCUT2D eigenvalue weighted by Crippen LogP contribution is -2.27. The lowest BCUT2D eigenvalue weighted by atomic mass is 10.1. The molecule has 0 saturated carbocycles. The van der Waals surface area contributed by atoms with E-state index >= 15 is 0 Å². The topological polar surface area (TPSA) is 60.0 Å². The number of ether oxygens (including phenoxy) is 3. The zero-order valence-corrected chi connectivity index (χ0v) is 18.6. The molecule has 0 spiro atoms. The smallest absolute Gasteiger partial charge is 0.161 e. The summed E-state index contributed by atoms with van der Waals surface area (Å²) < 4.78 is 17.2. The van der Waals surface area contributed by atoms with Crippen LogP contribution < -0.4 is 14.4 Å². The third kappa shape index (κ3) is 6.31. The van der Waals surface area contributed by atoms with Gasteiger partial charge in [-0.25, -0.2) is 9.97 Å². The quantitative estimate of drug-likeness (QED) is 0.571. The van der Waals surface area contributed by atoms with E-state index in [9.17, 15) is 0 Å². The highest BCUT2D eigenvalue weighted by Gasteiger charge is 2.14. The van der Waals surface area contributed by atoms with Crippen molar-refractivity contribution in [3.63, 3.8) is 0 Å². The number of benzene rings is 1. The second-order valence-electron chi connectivity index (χ2n) is 8.20. The largest absolute Gasteiger partial charge is 0.493 e. The average molecular weight is 427 g/mol. The predicted molar refractivity (Wildman–Crippen MR) is 121 cm³/mol. The Kier molecular flexibility index (Phi) is 7.96. The average Bonchev–Trinajstić information content (AvgIpc) is 3.17. The van der Waals surface area contributed by atoms with Gasteiger partial charge in [0.05, 0.1) is 20.3 Å². The van der Waals surface area contributed by atoms with Crippen LogP contribution in [0, 0.1) is 0 Å². The lowest BCUT2D eigenvalue weighted by Gasteiger charge is -2.20. The van der Waals surface area contributed by atoms with Crippen LogP contribution in [0.15, 0.2) is 30.5 Å². The summed E-state index contributed by atoms with van der Waals surface area (Å²) in [5, 5.41) is 0. The second kappa shape index (κ2) is 11.3. The van der Waals surface area contributed by atoms with Gasteiger partial charge in [0.1, 0.15) is 11.6 Å². The Balaban J connectivity index is 1.37. The van der Waals surface area contributed by atoms with Crippen molar-refractivity contribution >= 4 is 5.82 Å². The van der Waals surface area contributed by atoms with Crippen LogP contribution in [-0.2, 0) is 11.2 Å². The van der Waals surface area contributed by atoms with Crippen LogP contribution in [-0.4, -0.2) is 74.5 Å². The van der Waals surface area contributed by atoms with Gasteiger partial charge in [0.2, 0.25) is 0 Å². The van der Waals surface area contributed by atoms with Crippen molar-refractivity contribution in [2.24, 2.45) is 0 Å². The Morgan fingerprint density at radius 3 is 2.77 bits per heavy atom. The maximum Gasteiger partial charge on any atom is 0.161 e. The molecule has 2 aliphatic heterocycles. The molecule has 2 aliphatic rings. The molecule has 0 bridgehead atoms. The zero-order chi connectivity index (χ0) is 21.3. The zero-order valence-electron chi connectivity index (χ0n) is 18.6. The summed E-state index contributed by atoms with van der Waals surface area (Å²) in [7, 11) is 1.68. The van der Waals surface area contributed by atoms with E-state index < -0.39 is 0 Å². The monoisotopic (exact) mass is 426 g/mol. The van der Waals surface area contributed by atoms with Crippen LogP contribution >= 0.6 is 0 Å². The van der Waals surface area contributed by atoms with Gasteiger partial charge in [-0.2, -0.15) is 0 Å². The van der Waals surface area contributed by atoms with Gasteiger partial charge in [-0.3, -0.25) is 0 Å². The normalized spacial score (nSPS) is 17.5. The van der Waals surface area contributed by atoms with Crippen molar-refractivity contribution in [3.05, 3.63) is 41.9 Å². The minimum absolute atomic E-state index is 0.659. The molecule has 4 rings (SSSR count). The van der Waals surface area contributed by atoms with Crippen LogP contribution in [0.2, 0.25) is 0 Å². The lowest BCUT2D eigenvalue weighted by molar-refractivity contribution is 0.152. The van der Waals surface area contributed by atoms with Crippen LogP contribution in [0.25, 0.3) is 0 Å². The van der Waals surface area contributed by atoms with E-state index in [4.69, 9.17) is 19.2 Å². The first kappa shape index (κ1) is 21.8. The Morgan fingerprint density at radius 1 is 1.00 bits per heavy atom. The van der Waals surface area contributed by atoms with Gasteiger partial charge in [-0.1, -0.05) is 6.07 Å². The second-order valence-corrected chi connectivity index (χ2v) is 8.20. The SMILES string of the molecule is COc1ccc(Cc2nccc(N3CCCOCC3)n2)cc1OCCCN1CCCC1. The Morgan fingerprint density at radius 2 is 1.90 bits per heavy atom. The molecule has 0 amide bonds. The first-order valence-corrected chi connectivity index (χ1v) is 11.5. The first-order chi connectivity index (χ1) is 15.3. The summed E-state index contributed by atoms with van der Waals surface area (Å²) in [6.45, 7) is 7.65. The number of anilines is 1. The van der Waals surface area contributed by atoms with Crippen LogP contribution in [0.3, 0.4) is 0 Å². The Bertz CT molecular complexity index is 818. The molecule has 0 atom stereocenters. The fourth-order valence-electron chi connectivity index (χ4n) is 4.23. The van der Waals surface area contributed by atoms with Gasteiger partial charge in [-0.05, 0) is 62.5 Å². The molecule has 31 heavy (non-hydrogen) atoms. The van der Waals surface area contributed by atoms with E-state index in [1.165, 1.54) is 25.9 Å². The molecule has 2 saturated heterocycles. The predicted octanol–water partition coefficient (Wildman–Crippen LogP) is 3.17. The van der Waals surface area contributed by atoms with Crippen molar-refractivity contribution in [1.29, 1.82) is 0 Å². The van der Waals surface area contributed by atoms with Crippen LogP contribution in [0.5, 0.6) is 11.5 Å². The summed E-state index contributed by atoms with van der Waals surface area (Å²) in [5.74, 6) is 3.35. The minimum Gasteiger partial charge on any atom is -0.493 e. The maximum atomic E-state index is 6.08. The van der Waals surface area contributed by atoms with Gasteiger partial charge >= 0.3 is 0 Å². The number of nitrogens with zero attached hydrogens (tertiary/aromatic N) is 4. The molecule has 0 aliphatic carbocycles. The molecule has 7 nitrogen and oxygen atoms in total. The number of hydrogen-bond donors (Lipinski definition) is 0. The summed E-state index contributed by atoms with van der Waals surface area (Å²) >= 11 is 0. The summed E-state index contributed by atoms with van der Waals surface area (Å²) in [6.07, 6.45) is 7.21. The highest BCUT2D eigenvalue weighted by molar-refractivity contribution is 5.44. The molecule has 3 heterocycles. The molecule has 168 valence electrons. The van der Waals surface area contributed by atoms with E-state index in [0.29, 0.717) is 13.0 Å². The summed E-state index contributed by atoms with van der Waals surface area (Å²) in [4.78, 5) is 14.1. The van der Waals surface area contributed by atoms with E-state index in [1.807, 2.05) is 18.3 Å².